The first kappa shape index (κ1) is 11.0. The molecule has 1 atom stereocenters. The number of hydrogen-bond acceptors (Lipinski definition) is 2. The standard InChI is InChI=1S/C11H13ClN2/c1-3-11(2,14)10-5-4-9(12)6-8(10)7-13/h4-6H,3,14H2,1-2H3. The molecule has 0 amide bonds. The van der Waals surface area contributed by atoms with Crippen LogP contribution >= 0.6 is 11.6 Å². The molecule has 0 aliphatic rings. The van der Waals surface area contributed by atoms with Crippen molar-refractivity contribution in [3.05, 3.63) is 34.3 Å². The highest BCUT2D eigenvalue weighted by Gasteiger charge is 2.21. The Hall–Kier alpha value is -1.04. The summed E-state index contributed by atoms with van der Waals surface area (Å²) in [4.78, 5) is 0. The largest absolute Gasteiger partial charge is 0.322 e. The highest BCUT2D eigenvalue weighted by molar-refractivity contribution is 6.30. The average Bonchev–Trinajstić information content (AvgIpc) is 2.17. The molecule has 1 aromatic carbocycles. The van der Waals surface area contributed by atoms with E-state index in [-0.39, 0.29) is 0 Å². The molecule has 1 rings (SSSR count). The molecule has 0 aromatic heterocycles. The van der Waals surface area contributed by atoms with Crippen LogP contribution in [-0.2, 0) is 5.54 Å². The van der Waals surface area contributed by atoms with Gasteiger partial charge in [-0.25, -0.2) is 0 Å². The summed E-state index contributed by atoms with van der Waals surface area (Å²) in [5.41, 5.74) is 7.02. The van der Waals surface area contributed by atoms with Gasteiger partial charge in [0.1, 0.15) is 0 Å². The molecule has 0 aliphatic heterocycles. The number of benzene rings is 1. The van der Waals surface area contributed by atoms with Gasteiger partial charge in [0, 0.05) is 10.6 Å². The monoisotopic (exact) mass is 208 g/mol. The fourth-order valence-electron chi connectivity index (χ4n) is 1.30. The molecule has 0 saturated heterocycles. The third-order valence-corrected chi connectivity index (χ3v) is 2.69. The smallest absolute Gasteiger partial charge is 0.0995 e. The minimum atomic E-state index is -0.463. The highest BCUT2D eigenvalue weighted by atomic mass is 35.5. The molecular weight excluding hydrogens is 196 g/mol. The summed E-state index contributed by atoms with van der Waals surface area (Å²) in [6, 6.07) is 7.35. The Morgan fingerprint density at radius 3 is 2.71 bits per heavy atom. The van der Waals surface area contributed by atoms with Gasteiger partial charge in [-0.2, -0.15) is 5.26 Å². The van der Waals surface area contributed by atoms with E-state index >= 15 is 0 Å². The normalized spacial score (nSPS) is 14.5. The Balaban J connectivity index is 3.29. The van der Waals surface area contributed by atoms with E-state index in [2.05, 4.69) is 6.07 Å². The minimum Gasteiger partial charge on any atom is -0.322 e. The van der Waals surface area contributed by atoms with Crippen LogP contribution in [0.5, 0.6) is 0 Å². The molecule has 74 valence electrons. The number of halogens is 1. The molecule has 0 aliphatic carbocycles. The summed E-state index contributed by atoms with van der Waals surface area (Å²) in [6.07, 6.45) is 0.781. The predicted molar refractivity (Wildman–Crippen MR) is 58.0 cm³/mol. The molecule has 1 aromatic rings. The number of rotatable bonds is 2. The van der Waals surface area contributed by atoms with Gasteiger partial charge in [0.25, 0.3) is 0 Å². The molecule has 0 saturated carbocycles. The van der Waals surface area contributed by atoms with Gasteiger partial charge in [-0.1, -0.05) is 24.6 Å². The van der Waals surface area contributed by atoms with Crippen LogP contribution in [0.15, 0.2) is 18.2 Å². The van der Waals surface area contributed by atoms with Crippen LogP contribution in [0.3, 0.4) is 0 Å². The molecule has 0 heterocycles. The SMILES string of the molecule is CCC(C)(N)c1ccc(Cl)cc1C#N. The maximum atomic E-state index is 8.94. The fourth-order valence-corrected chi connectivity index (χ4v) is 1.47. The zero-order chi connectivity index (χ0) is 10.8. The van der Waals surface area contributed by atoms with Crippen molar-refractivity contribution >= 4 is 11.6 Å². The van der Waals surface area contributed by atoms with Crippen molar-refractivity contribution in [2.75, 3.05) is 0 Å². The third kappa shape index (κ3) is 2.06. The van der Waals surface area contributed by atoms with E-state index < -0.39 is 5.54 Å². The van der Waals surface area contributed by atoms with Crippen LogP contribution in [0.25, 0.3) is 0 Å². The minimum absolute atomic E-state index is 0.463. The van der Waals surface area contributed by atoms with Gasteiger partial charge >= 0.3 is 0 Å². The van der Waals surface area contributed by atoms with E-state index in [1.54, 1.807) is 12.1 Å². The lowest BCUT2D eigenvalue weighted by Crippen LogP contribution is -2.32. The van der Waals surface area contributed by atoms with Crippen LogP contribution in [0, 0.1) is 11.3 Å². The van der Waals surface area contributed by atoms with Crippen molar-refractivity contribution in [3.63, 3.8) is 0 Å². The lowest BCUT2D eigenvalue weighted by molar-refractivity contribution is 0.475. The van der Waals surface area contributed by atoms with E-state index in [0.29, 0.717) is 10.6 Å². The molecule has 3 heteroatoms. The molecule has 0 bridgehead atoms. The maximum Gasteiger partial charge on any atom is 0.0995 e. The molecule has 1 unspecified atom stereocenters. The van der Waals surface area contributed by atoms with E-state index in [9.17, 15) is 0 Å². The molecular formula is C11H13ClN2. The second-order valence-corrected chi connectivity index (χ2v) is 4.01. The Morgan fingerprint density at radius 1 is 1.57 bits per heavy atom. The maximum absolute atomic E-state index is 8.94. The first-order valence-electron chi connectivity index (χ1n) is 4.50. The summed E-state index contributed by atoms with van der Waals surface area (Å²) < 4.78 is 0. The van der Waals surface area contributed by atoms with Gasteiger partial charge in [0.15, 0.2) is 0 Å². The number of hydrogen-bond donors (Lipinski definition) is 1. The van der Waals surface area contributed by atoms with E-state index in [1.165, 1.54) is 0 Å². The van der Waals surface area contributed by atoms with Gasteiger partial charge in [-0.05, 0) is 31.0 Å². The van der Waals surface area contributed by atoms with Crippen LogP contribution in [-0.4, -0.2) is 0 Å². The van der Waals surface area contributed by atoms with Crippen molar-refractivity contribution in [2.45, 2.75) is 25.8 Å². The number of nitriles is 1. The highest BCUT2D eigenvalue weighted by Crippen LogP contribution is 2.26. The van der Waals surface area contributed by atoms with Crippen molar-refractivity contribution in [1.29, 1.82) is 5.26 Å². The predicted octanol–water partition coefficient (Wildman–Crippen LogP) is 2.80. The van der Waals surface area contributed by atoms with Crippen LogP contribution in [0.4, 0.5) is 0 Å². The Labute approximate surface area is 89.3 Å². The van der Waals surface area contributed by atoms with Crippen molar-refractivity contribution < 1.29 is 0 Å². The Bertz CT molecular complexity index is 377. The Kier molecular flexibility index (Phi) is 3.15. The second-order valence-electron chi connectivity index (χ2n) is 3.57. The molecule has 14 heavy (non-hydrogen) atoms. The van der Waals surface area contributed by atoms with Crippen LogP contribution in [0.2, 0.25) is 5.02 Å². The van der Waals surface area contributed by atoms with E-state index in [1.807, 2.05) is 19.9 Å². The van der Waals surface area contributed by atoms with Gasteiger partial charge in [0.2, 0.25) is 0 Å². The van der Waals surface area contributed by atoms with E-state index in [0.717, 1.165) is 12.0 Å². The first-order valence-corrected chi connectivity index (χ1v) is 4.88. The molecule has 0 spiro atoms. The zero-order valence-corrected chi connectivity index (χ0v) is 9.10. The fraction of sp³-hybridized carbons (Fsp3) is 0.364. The quantitative estimate of drug-likeness (QED) is 0.813. The topological polar surface area (TPSA) is 49.8 Å². The zero-order valence-electron chi connectivity index (χ0n) is 8.34. The first-order chi connectivity index (χ1) is 6.51. The molecule has 2 nitrogen and oxygen atoms in total. The summed E-state index contributed by atoms with van der Waals surface area (Å²) in [5.74, 6) is 0. The van der Waals surface area contributed by atoms with Gasteiger partial charge in [-0.15, -0.1) is 0 Å². The summed E-state index contributed by atoms with van der Waals surface area (Å²) in [7, 11) is 0. The van der Waals surface area contributed by atoms with Crippen molar-refractivity contribution in [2.24, 2.45) is 5.73 Å². The van der Waals surface area contributed by atoms with Crippen molar-refractivity contribution in [3.8, 4) is 6.07 Å². The lowest BCUT2D eigenvalue weighted by atomic mass is 9.87. The van der Waals surface area contributed by atoms with Gasteiger partial charge < -0.3 is 5.73 Å². The summed E-state index contributed by atoms with van der Waals surface area (Å²) in [5, 5.41) is 9.50. The summed E-state index contributed by atoms with van der Waals surface area (Å²) in [6.45, 7) is 3.91. The van der Waals surface area contributed by atoms with Crippen LogP contribution in [0.1, 0.15) is 31.4 Å². The molecule has 0 fully saturated rings. The molecule has 0 radical (unpaired) electrons. The van der Waals surface area contributed by atoms with Gasteiger partial charge in [0.05, 0.1) is 11.6 Å². The summed E-state index contributed by atoms with van der Waals surface area (Å²) >= 11 is 5.80. The van der Waals surface area contributed by atoms with Crippen molar-refractivity contribution in [1.82, 2.24) is 0 Å². The third-order valence-electron chi connectivity index (χ3n) is 2.45. The van der Waals surface area contributed by atoms with Crippen LogP contribution < -0.4 is 5.73 Å². The lowest BCUT2D eigenvalue weighted by Gasteiger charge is -2.24. The Morgan fingerprint density at radius 2 is 2.21 bits per heavy atom. The average molecular weight is 209 g/mol. The number of nitrogens with two attached hydrogens (primary N) is 1. The number of nitrogens with zero attached hydrogens (tertiary/aromatic N) is 1. The van der Waals surface area contributed by atoms with Gasteiger partial charge in [-0.3, -0.25) is 0 Å². The second kappa shape index (κ2) is 4.00. The van der Waals surface area contributed by atoms with E-state index in [4.69, 9.17) is 22.6 Å². The molecule has 2 N–H and O–H groups in total.